The lowest BCUT2D eigenvalue weighted by Gasteiger charge is -2.19. The summed E-state index contributed by atoms with van der Waals surface area (Å²) in [6.07, 6.45) is 3.07. The van der Waals surface area contributed by atoms with Gasteiger partial charge in [0.1, 0.15) is 0 Å². The zero-order valence-electron chi connectivity index (χ0n) is 9.07. The van der Waals surface area contributed by atoms with Crippen LogP contribution in [-0.2, 0) is 0 Å². The molecule has 0 heterocycles. The van der Waals surface area contributed by atoms with Crippen molar-refractivity contribution in [2.24, 2.45) is 5.92 Å². The smallest absolute Gasteiger partial charge is 0.0852 e. The van der Waals surface area contributed by atoms with E-state index in [0.29, 0.717) is 5.88 Å². The Hall–Kier alpha value is -0.310. The molecule has 0 aliphatic rings. The van der Waals surface area contributed by atoms with Crippen LogP contribution in [0.25, 0.3) is 0 Å². The van der Waals surface area contributed by atoms with Gasteiger partial charge in [0.05, 0.1) is 6.10 Å². The van der Waals surface area contributed by atoms with E-state index < -0.39 is 6.10 Å². The van der Waals surface area contributed by atoms with E-state index in [1.807, 2.05) is 24.3 Å². The van der Waals surface area contributed by atoms with Crippen LogP contribution in [0.4, 0.5) is 0 Å². The van der Waals surface area contributed by atoms with Crippen LogP contribution in [0.15, 0.2) is 41.4 Å². The first-order chi connectivity index (χ1) is 7.69. The monoisotopic (exact) mass is 302 g/mol. The molecule has 1 rings (SSSR count). The molecule has 1 nitrogen and oxygen atoms in total. The van der Waals surface area contributed by atoms with E-state index in [1.165, 1.54) is 0 Å². The van der Waals surface area contributed by atoms with Crippen molar-refractivity contribution in [1.29, 1.82) is 0 Å². The minimum atomic E-state index is -0.492. The topological polar surface area (TPSA) is 20.2 Å². The number of benzene rings is 1. The summed E-state index contributed by atoms with van der Waals surface area (Å²) in [5, 5.41) is 10.2. The molecular formula is C13H16BrClO. The Kier molecular flexibility index (Phi) is 6.10. The lowest BCUT2D eigenvalue weighted by molar-refractivity contribution is 0.126. The molecular weight excluding hydrogens is 287 g/mol. The van der Waals surface area contributed by atoms with Crippen LogP contribution in [0, 0.1) is 5.92 Å². The average molecular weight is 304 g/mol. The second kappa shape index (κ2) is 7.10. The SMILES string of the molecule is C=CC(CCCCl)C(O)c1ccc(Br)cc1. The third kappa shape index (κ3) is 3.93. The van der Waals surface area contributed by atoms with Crippen LogP contribution >= 0.6 is 27.5 Å². The molecule has 0 aliphatic heterocycles. The molecule has 2 atom stereocenters. The van der Waals surface area contributed by atoms with Crippen LogP contribution in [0.5, 0.6) is 0 Å². The quantitative estimate of drug-likeness (QED) is 0.613. The lowest BCUT2D eigenvalue weighted by atomic mass is 9.92. The van der Waals surface area contributed by atoms with Crippen molar-refractivity contribution in [3.05, 3.63) is 47.0 Å². The van der Waals surface area contributed by atoms with Crippen molar-refractivity contribution in [3.63, 3.8) is 0 Å². The molecule has 0 bridgehead atoms. The van der Waals surface area contributed by atoms with Gasteiger partial charge in [-0.2, -0.15) is 0 Å². The van der Waals surface area contributed by atoms with E-state index >= 15 is 0 Å². The van der Waals surface area contributed by atoms with Gasteiger partial charge in [-0.05, 0) is 30.5 Å². The molecule has 0 radical (unpaired) electrons. The molecule has 0 saturated heterocycles. The minimum Gasteiger partial charge on any atom is -0.388 e. The summed E-state index contributed by atoms with van der Waals surface area (Å²) in [6, 6.07) is 7.71. The van der Waals surface area contributed by atoms with E-state index in [-0.39, 0.29) is 5.92 Å². The minimum absolute atomic E-state index is 0.0694. The Labute approximate surface area is 110 Å². The average Bonchev–Trinajstić information content (AvgIpc) is 2.30. The highest BCUT2D eigenvalue weighted by Gasteiger charge is 2.17. The molecule has 0 saturated carbocycles. The zero-order chi connectivity index (χ0) is 12.0. The zero-order valence-corrected chi connectivity index (χ0v) is 11.4. The number of aliphatic hydroxyl groups excluding tert-OH is 1. The van der Waals surface area contributed by atoms with Gasteiger partial charge in [-0.25, -0.2) is 0 Å². The molecule has 3 heteroatoms. The van der Waals surface area contributed by atoms with Crippen molar-refractivity contribution in [2.75, 3.05) is 5.88 Å². The second-order valence-corrected chi connectivity index (χ2v) is 5.02. The van der Waals surface area contributed by atoms with Crippen LogP contribution in [0.2, 0.25) is 0 Å². The summed E-state index contributed by atoms with van der Waals surface area (Å²) in [5.74, 6) is 0.692. The van der Waals surface area contributed by atoms with Gasteiger partial charge in [-0.3, -0.25) is 0 Å². The maximum absolute atomic E-state index is 10.2. The van der Waals surface area contributed by atoms with Crippen molar-refractivity contribution < 1.29 is 5.11 Å². The normalized spacial score (nSPS) is 14.4. The van der Waals surface area contributed by atoms with Gasteiger partial charge in [0.25, 0.3) is 0 Å². The molecule has 0 fully saturated rings. The molecule has 1 aromatic rings. The standard InChI is InChI=1S/C13H16BrClO/c1-2-10(4-3-9-15)13(16)11-5-7-12(14)8-6-11/h2,5-8,10,13,16H,1,3-4,9H2. The number of aliphatic hydroxyl groups is 1. The van der Waals surface area contributed by atoms with Gasteiger partial charge in [0, 0.05) is 16.3 Å². The van der Waals surface area contributed by atoms with Crippen LogP contribution in [-0.4, -0.2) is 11.0 Å². The second-order valence-electron chi connectivity index (χ2n) is 3.73. The predicted molar refractivity (Wildman–Crippen MR) is 72.7 cm³/mol. The molecule has 16 heavy (non-hydrogen) atoms. The molecule has 0 aliphatic carbocycles. The van der Waals surface area contributed by atoms with Crippen molar-refractivity contribution in [1.82, 2.24) is 0 Å². The lowest BCUT2D eigenvalue weighted by Crippen LogP contribution is -2.10. The Morgan fingerprint density at radius 1 is 1.38 bits per heavy atom. The maximum atomic E-state index is 10.2. The Morgan fingerprint density at radius 2 is 2.00 bits per heavy atom. The van der Waals surface area contributed by atoms with Crippen molar-refractivity contribution >= 4 is 27.5 Å². The highest BCUT2D eigenvalue weighted by molar-refractivity contribution is 9.10. The van der Waals surface area contributed by atoms with Crippen LogP contribution in [0.3, 0.4) is 0 Å². The highest BCUT2D eigenvalue weighted by atomic mass is 79.9. The molecule has 1 aromatic carbocycles. The third-order valence-electron chi connectivity index (χ3n) is 2.59. The molecule has 1 N–H and O–H groups in total. The fourth-order valence-corrected chi connectivity index (χ4v) is 2.04. The van der Waals surface area contributed by atoms with Gasteiger partial charge in [-0.1, -0.05) is 34.1 Å². The van der Waals surface area contributed by atoms with Crippen molar-refractivity contribution in [3.8, 4) is 0 Å². The van der Waals surface area contributed by atoms with Crippen LogP contribution < -0.4 is 0 Å². The molecule has 2 unspecified atom stereocenters. The first-order valence-corrected chi connectivity index (χ1v) is 6.64. The third-order valence-corrected chi connectivity index (χ3v) is 3.39. The Morgan fingerprint density at radius 3 is 2.50 bits per heavy atom. The fourth-order valence-electron chi connectivity index (χ4n) is 1.62. The summed E-state index contributed by atoms with van der Waals surface area (Å²) in [5.41, 5.74) is 0.919. The van der Waals surface area contributed by atoms with E-state index in [4.69, 9.17) is 11.6 Å². The number of alkyl halides is 1. The number of hydrogen-bond acceptors (Lipinski definition) is 1. The van der Waals surface area contributed by atoms with Gasteiger partial charge in [0.15, 0.2) is 0 Å². The van der Waals surface area contributed by atoms with E-state index in [9.17, 15) is 5.11 Å². The first kappa shape index (κ1) is 13.8. The Balaban J connectivity index is 2.70. The summed E-state index contributed by atoms with van der Waals surface area (Å²) >= 11 is 9.02. The number of hydrogen-bond donors (Lipinski definition) is 1. The van der Waals surface area contributed by atoms with Gasteiger partial charge in [0.2, 0.25) is 0 Å². The number of rotatable bonds is 6. The Bertz CT molecular complexity index is 323. The number of halogens is 2. The summed E-state index contributed by atoms with van der Waals surface area (Å²) in [4.78, 5) is 0. The predicted octanol–water partition coefficient (Wildman–Crippen LogP) is 4.30. The fraction of sp³-hybridized carbons (Fsp3) is 0.385. The van der Waals surface area contributed by atoms with Gasteiger partial charge < -0.3 is 5.11 Å². The first-order valence-electron chi connectivity index (χ1n) is 5.31. The van der Waals surface area contributed by atoms with E-state index in [0.717, 1.165) is 22.9 Å². The van der Waals surface area contributed by atoms with E-state index in [2.05, 4.69) is 22.5 Å². The van der Waals surface area contributed by atoms with E-state index in [1.54, 1.807) is 6.08 Å². The largest absolute Gasteiger partial charge is 0.388 e. The summed E-state index contributed by atoms with van der Waals surface area (Å²) in [7, 11) is 0. The summed E-state index contributed by atoms with van der Waals surface area (Å²) in [6.45, 7) is 3.77. The molecule has 88 valence electrons. The van der Waals surface area contributed by atoms with Gasteiger partial charge in [-0.15, -0.1) is 18.2 Å². The molecule has 0 spiro atoms. The highest BCUT2D eigenvalue weighted by Crippen LogP contribution is 2.27. The molecule has 0 amide bonds. The van der Waals surface area contributed by atoms with Crippen LogP contribution in [0.1, 0.15) is 24.5 Å². The molecule has 0 aromatic heterocycles. The maximum Gasteiger partial charge on any atom is 0.0852 e. The van der Waals surface area contributed by atoms with Crippen molar-refractivity contribution in [2.45, 2.75) is 18.9 Å². The summed E-state index contributed by atoms with van der Waals surface area (Å²) < 4.78 is 1.01. The van der Waals surface area contributed by atoms with Gasteiger partial charge >= 0.3 is 0 Å².